The van der Waals surface area contributed by atoms with Gasteiger partial charge in [-0.2, -0.15) is 0 Å². The predicted octanol–water partition coefficient (Wildman–Crippen LogP) is 3.13. The molecular weight excluding hydrogens is 448 g/mol. The molecule has 1 saturated carbocycles. The summed E-state index contributed by atoms with van der Waals surface area (Å²) in [6.45, 7) is 0.312. The predicted molar refractivity (Wildman–Crippen MR) is 128 cm³/mol. The number of β-amino-alcohol motifs (C(OH)–C–C–N with tert-alkyl or cyclic N) is 1. The highest BCUT2D eigenvalue weighted by Gasteiger charge is 2.40. The lowest BCUT2D eigenvalue weighted by atomic mass is 9.98. The summed E-state index contributed by atoms with van der Waals surface area (Å²) in [5, 5.41) is 22.0. The van der Waals surface area contributed by atoms with E-state index in [1.807, 2.05) is 24.3 Å². The molecule has 2 aromatic rings. The van der Waals surface area contributed by atoms with Gasteiger partial charge < -0.3 is 25.2 Å². The molecule has 2 amide bonds. The number of hydrogen-bond donors (Lipinski definition) is 3. The fourth-order valence-corrected chi connectivity index (χ4v) is 5.89. The highest BCUT2D eigenvalue weighted by atomic mass is 16.5. The average Bonchev–Trinajstić information content (AvgIpc) is 3.53. The van der Waals surface area contributed by atoms with Gasteiger partial charge in [-0.1, -0.05) is 48.5 Å². The number of aliphatic hydroxyl groups excluding tert-OH is 1. The zero-order chi connectivity index (χ0) is 24.5. The van der Waals surface area contributed by atoms with E-state index in [9.17, 15) is 24.6 Å². The normalized spacial score (nSPS) is 25.2. The van der Waals surface area contributed by atoms with Gasteiger partial charge >= 0.3 is 12.1 Å². The molecule has 1 heterocycles. The van der Waals surface area contributed by atoms with Gasteiger partial charge in [-0.05, 0) is 47.4 Å². The summed E-state index contributed by atoms with van der Waals surface area (Å²) in [5.41, 5.74) is 4.67. The number of benzene rings is 2. The second-order valence-corrected chi connectivity index (χ2v) is 9.84. The third-order valence-electron chi connectivity index (χ3n) is 7.55. The van der Waals surface area contributed by atoms with Gasteiger partial charge in [0, 0.05) is 31.3 Å². The zero-order valence-corrected chi connectivity index (χ0v) is 19.4. The number of nitrogens with zero attached hydrogens (tertiary/aromatic N) is 1. The van der Waals surface area contributed by atoms with Gasteiger partial charge in [0.2, 0.25) is 5.91 Å². The Morgan fingerprint density at radius 1 is 0.971 bits per heavy atom. The Morgan fingerprint density at radius 2 is 1.63 bits per heavy atom. The van der Waals surface area contributed by atoms with Crippen LogP contribution in [0.3, 0.4) is 0 Å². The van der Waals surface area contributed by atoms with Crippen LogP contribution in [0.5, 0.6) is 0 Å². The van der Waals surface area contributed by atoms with Crippen LogP contribution in [0.1, 0.15) is 49.1 Å². The third-order valence-corrected chi connectivity index (χ3v) is 7.55. The highest BCUT2D eigenvalue weighted by Crippen LogP contribution is 2.44. The molecule has 1 aliphatic heterocycles. The van der Waals surface area contributed by atoms with Gasteiger partial charge in [0.05, 0.1) is 6.10 Å². The number of likely N-dealkylation sites (tertiary alicyclic amines) is 1. The Hall–Kier alpha value is -3.39. The topological polar surface area (TPSA) is 116 Å². The van der Waals surface area contributed by atoms with Crippen molar-refractivity contribution in [2.45, 2.75) is 56.2 Å². The van der Waals surface area contributed by atoms with Crippen LogP contribution >= 0.6 is 0 Å². The first-order chi connectivity index (χ1) is 16.9. The van der Waals surface area contributed by atoms with Crippen LogP contribution in [0.4, 0.5) is 4.79 Å². The largest absolute Gasteiger partial charge is 0.480 e. The molecule has 8 nitrogen and oxygen atoms in total. The van der Waals surface area contributed by atoms with Gasteiger partial charge in [-0.15, -0.1) is 0 Å². The number of ether oxygens (including phenoxy) is 1. The van der Waals surface area contributed by atoms with E-state index in [1.165, 1.54) is 16.0 Å². The minimum absolute atomic E-state index is 0.0000843. The maximum absolute atomic E-state index is 12.7. The van der Waals surface area contributed by atoms with Gasteiger partial charge in [-0.3, -0.25) is 4.79 Å². The van der Waals surface area contributed by atoms with Crippen molar-refractivity contribution in [2.75, 3.05) is 13.2 Å². The summed E-state index contributed by atoms with van der Waals surface area (Å²) in [5.74, 6) is -1.27. The van der Waals surface area contributed by atoms with E-state index in [0.717, 1.165) is 24.0 Å². The van der Waals surface area contributed by atoms with Crippen molar-refractivity contribution in [3.05, 3.63) is 59.7 Å². The van der Waals surface area contributed by atoms with Crippen molar-refractivity contribution in [1.82, 2.24) is 10.2 Å². The van der Waals surface area contributed by atoms with Crippen LogP contribution in [0.25, 0.3) is 11.1 Å². The number of carbonyl (C=O) groups is 3. The molecule has 8 heteroatoms. The van der Waals surface area contributed by atoms with Crippen LogP contribution in [-0.4, -0.2) is 64.4 Å². The monoisotopic (exact) mass is 478 g/mol. The quantitative estimate of drug-likeness (QED) is 0.588. The van der Waals surface area contributed by atoms with Crippen molar-refractivity contribution in [2.24, 2.45) is 5.92 Å². The molecule has 3 aliphatic rings. The number of nitrogens with one attached hydrogen (secondary N) is 1. The van der Waals surface area contributed by atoms with E-state index in [4.69, 9.17) is 4.74 Å². The summed E-state index contributed by atoms with van der Waals surface area (Å²) < 4.78 is 5.63. The fourth-order valence-electron chi connectivity index (χ4n) is 5.89. The number of amides is 2. The number of carboxylic acids is 1. The molecule has 0 unspecified atom stereocenters. The van der Waals surface area contributed by atoms with Crippen molar-refractivity contribution >= 4 is 18.0 Å². The molecule has 184 valence electrons. The molecule has 2 aliphatic carbocycles. The highest BCUT2D eigenvalue weighted by molar-refractivity contribution is 5.84. The van der Waals surface area contributed by atoms with Crippen molar-refractivity contribution in [3.63, 3.8) is 0 Å². The number of aliphatic carboxylic acids is 1. The van der Waals surface area contributed by atoms with Gasteiger partial charge in [0.15, 0.2) is 0 Å². The van der Waals surface area contributed by atoms with E-state index in [1.54, 1.807) is 0 Å². The minimum atomic E-state index is -1.09. The summed E-state index contributed by atoms with van der Waals surface area (Å²) in [4.78, 5) is 37.9. The SMILES string of the molecule is O=C(N[C@@H]1CC[C@H](CC(=O)N2C[C@H](O)C[C@@H]2C(=O)O)C1)OCC1c2ccccc2-c2ccccc21. The average molecular weight is 479 g/mol. The number of aliphatic hydroxyl groups is 1. The second kappa shape index (κ2) is 9.70. The molecule has 2 fully saturated rings. The molecule has 0 bridgehead atoms. The van der Waals surface area contributed by atoms with Gasteiger partial charge in [0.1, 0.15) is 12.6 Å². The first-order valence-electron chi connectivity index (χ1n) is 12.2. The summed E-state index contributed by atoms with van der Waals surface area (Å²) >= 11 is 0. The lowest BCUT2D eigenvalue weighted by molar-refractivity contribution is -0.148. The Labute approximate surface area is 203 Å². The maximum atomic E-state index is 12.7. The summed E-state index contributed by atoms with van der Waals surface area (Å²) in [6.07, 6.45) is 1.19. The lowest BCUT2D eigenvalue weighted by Crippen LogP contribution is -2.41. The molecule has 0 spiro atoms. The molecule has 4 atom stereocenters. The van der Waals surface area contributed by atoms with Crippen LogP contribution in [0.2, 0.25) is 0 Å². The zero-order valence-electron chi connectivity index (χ0n) is 19.4. The van der Waals surface area contributed by atoms with Crippen molar-refractivity contribution in [3.8, 4) is 11.1 Å². The Balaban J connectivity index is 1.12. The van der Waals surface area contributed by atoms with Crippen LogP contribution < -0.4 is 5.32 Å². The molecule has 3 N–H and O–H groups in total. The Morgan fingerprint density at radius 3 is 2.29 bits per heavy atom. The Bertz CT molecular complexity index is 1090. The van der Waals surface area contributed by atoms with E-state index in [-0.39, 0.29) is 49.8 Å². The van der Waals surface area contributed by atoms with E-state index in [0.29, 0.717) is 6.42 Å². The number of alkyl carbamates (subject to hydrolysis) is 1. The van der Waals surface area contributed by atoms with Crippen LogP contribution in [0.15, 0.2) is 48.5 Å². The molecule has 1 saturated heterocycles. The van der Waals surface area contributed by atoms with E-state index < -0.39 is 24.2 Å². The molecule has 35 heavy (non-hydrogen) atoms. The molecule has 2 aromatic carbocycles. The molecule has 0 aromatic heterocycles. The van der Waals surface area contributed by atoms with Crippen LogP contribution in [0, 0.1) is 5.92 Å². The smallest absolute Gasteiger partial charge is 0.407 e. The first kappa shape index (κ1) is 23.4. The summed E-state index contributed by atoms with van der Waals surface area (Å²) in [7, 11) is 0. The third kappa shape index (κ3) is 4.75. The number of rotatable bonds is 6. The van der Waals surface area contributed by atoms with E-state index >= 15 is 0 Å². The van der Waals surface area contributed by atoms with Crippen LogP contribution in [-0.2, 0) is 14.3 Å². The van der Waals surface area contributed by atoms with E-state index in [2.05, 4.69) is 29.6 Å². The molecule has 5 rings (SSSR count). The second-order valence-electron chi connectivity index (χ2n) is 9.84. The van der Waals surface area contributed by atoms with Gasteiger partial charge in [-0.25, -0.2) is 9.59 Å². The maximum Gasteiger partial charge on any atom is 0.407 e. The number of carbonyl (C=O) groups excluding carboxylic acids is 2. The Kier molecular flexibility index (Phi) is 6.47. The standard InChI is InChI=1S/C27H30N2O6/c30-18-13-24(26(32)33)29(14-18)25(31)12-16-9-10-17(11-16)28-27(34)35-15-23-21-7-3-1-5-19(21)20-6-2-4-8-22(20)23/h1-8,16-18,23-24,30H,9-15H2,(H,28,34)(H,32,33)/t16-,17+,18+,24+/m0/s1. The van der Waals surface area contributed by atoms with Crippen molar-refractivity contribution < 1.29 is 29.3 Å². The fraction of sp³-hybridized carbons (Fsp3) is 0.444. The lowest BCUT2D eigenvalue weighted by Gasteiger charge is -2.23. The van der Waals surface area contributed by atoms with Crippen molar-refractivity contribution in [1.29, 1.82) is 0 Å². The first-order valence-corrected chi connectivity index (χ1v) is 12.2. The molecular formula is C27H30N2O6. The minimum Gasteiger partial charge on any atom is -0.480 e. The van der Waals surface area contributed by atoms with Gasteiger partial charge in [0.25, 0.3) is 0 Å². The molecule has 0 radical (unpaired) electrons. The number of fused-ring (bicyclic) bond motifs is 3. The number of hydrogen-bond acceptors (Lipinski definition) is 5. The summed E-state index contributed by atoms with van der Waals surface area (Å²) in [6, 6.07) is 15.3. The number of carboxylic acid groups (broad SMARTS) is 1.